The summed E-state index contributed by atoms with van der Waals surface area (Å²) < 4.78 is 4.72. The number of hydrogen-bond acceptors (Lipinski definition) is 5. The standard InChI is InChI=1S/C25H18N3O5P/c29-25(19-16-20(27(30)31)18-21(17-19)28(32)33)26-34(22-10-4-1-5-11-22,23-12-6-2-7-13-23)24-14-8-3-9-15-24/h1-18H. The molecule has 4 aromatic carbocycles. The summed E-state index contributed by atoms with van der Waals surface area (Å²) in [5.74, 6) is -0.767. The zero-order chi connectivity index (χ0) is 24.1. The van der Waals surface area contributed by atoms with E-state index >= 15 is 0 Å². The van der Waals surface area contributed by atoms with Crippen molar-refractivity contribution in [3.8, 4) is 0 Å². The molecule has 4 rings (SSSR count). The average molecular weight is 471 g/mol. The van der Waals surface area contributed by atoms with Gasteiger partial charge in [-0.3, -0.25) is 25.0 Å². The molecule has 1 amide bonds. The van der Waals surface area contributed by atoms with Gasteiger partial charge in [0.1, 0.15) is 0 Å². The molecule has 0 heterocycles. The molecular formula is C25H18N3O5P. The summed E-state index contributed by atoms with van der Waals surface area (Å²) in [6, 6.07) is 30.9. The fourth-order valence-electron chi connectivity index (χ4n) is 3.68. The molecule has 0 aliphatic rings. The highest BCUT2D eigenvalue weighted by Gasteiger charge is 2.29. The summed E-state index contributed by atoms with van der Waals surface area (Å²) in [5, 5.41) is 25.1. The van der Waals surface area contributed by atoms with E-state index in [0.717, 1.165) is 34.1 Å². The van der Waals surface area contributed by atoms with Crippen LogP contribution in [0.3, 0.4) is 0 Å². The lowest BCUT2D eigenvalue weighted by molar-refractivity contribution is -0.394. The van der Waals surface area contributed by atoms with Crippen LogP contribution in [-0.4, -0.2) is 15.8 Å². The molecule has 0 aliphatic heterocycles. The van der Waals surface area contributed by atoms with Gasteiger partial charge in [-0.05, 0) is 0 Å². The molecule has 0 radical (unpaired) electrons. The smallest absolute Gasteiger partial charge is 0.267 e. The van der Waals surface area contributed by atoms with Crippen molar-refractivity contribution < 1.29 is 14.6 Å². The first-order valence-electron chi connectivity index (χ1n) is 10.2. The molecule has 4 aromatic rings. The Bertz CT molecular complexity index is 1290. The third-order valence-corrected chi connectivity index (χ3v) is 8.82. The molecule has 0 saturated carbocycles. The fraction of sp³-hybridized carbons (Fsp3) is 0. The fourth-order valence-corrected chi connectivity index (χ4v) is 7.11. The quantitative estimate of drug-likeness (QED) is 0.227. The lowest BCUT2D eigenvalue weighted by Gasteiger charge is -2.26. The molecule has 0 atom stereocenters. The normalized spacial score (nSPS) is 10.9. The van der Waals surface area contributed by atoms with E-state index in [9.17, 15) is 25.0 Å². The first-order valence-corrected chi connectivity index (χ1v) is 11.9. The number of nitro groups is 2. The van der Waals surface area contributed by atoms with Crippen molar-refractivity contribution >= 4 is 40.2 Å². The van der Waals surface area contributed by atoms with Crippen molar-refractivity contribution in [2.24, 2.45) is 4.74 Å². The number of nitro benzene ring substituents is 2. The van der Waals surface area contributed by atoms with Crippen LogP contribution in [0.5, 0.6) is 0 Å². The predicted octanol–water partition coefficient (Wildman–Crippen LogP) is 4.82. The van der Waals surface area contributed by atoms with E-state index in [-0.39, 0.29) is 5.56 Å². The summed E-state index contributed by atoms with van der Waals surface area (Å²) in [7, 11) is -2.92. The largest absolute Gasteiger partial charge is 0.277 e. The maximum Gasteiger partial charge on any atom is 0.277 e. The molecule has 34 heavy (non-hydrogen) atoms. The Hall–Kier alpha value is -4.42. The number of nitrogens with zero attached hydrogens (tertiary/aromatic N) is 3. The van der Waals surface area contributed by atoms with Crippen LogP contribution in [0, 0.1) is 20.2 Å². The highest BCUT2D eigenvalue weighted by Crippen LogP contribution is 2.47. The Labute approximate surface area is 194 Å². The first kappa shape index (κ1) is 22.8. The second kappa shape index (κ2) is 9.60. The highest BCUT2D eigenvalue weighted by molar-refractivity contribution is 7.87. The van der Waals surface area contributed by atoms with Gasteiger partial charge in [-0.25, -0.2) is 4.74 Å². The van der Waals surface area contributed by atoms with Gasteiger partial charge in [0.15, 0.2) is 0 Å². The Morgan fingerprint density at radius 3 is 1.29 bits per heavy atom. The number of carbonyl (C=O) groups is 1. The molecule has 0 fully saturated rings. The number of hydrogen-bond donors (Lipinski definition) is 0. The van der Waals surface area contributed by atoms with E-state index in [4.69, 9.17) is 4.74 Å². The van der Waals surface area contributed by atoms with Crippen molar-refractivity contribution in [2.75, 3.05) is 0 Å². The van der Waals surface area contributed by atoms with Crippen LogP contribution in [0.2, 0.25) is 0 Å². The minimum Gasteiger partial charge on any atom is -0.267 e. The maximum absolute atomic E-state index is 13.5. The van der Waals surface area contributed by atoms with Crippen molar-refractivity contribution in [3.05, 3.63) is 135 Å². The van der Waals surface area contributed by atoms with Crippen LogP contribution in [0.1, 0.15) is 10.4 Å². The minimum absolute atomic E-state index is 0.215. The van der Waals surface area contributed by atoms with Crippen molar-refractivity contribution in [2.45, 2.75) is 0 Å². The van der Waals surface area contributed by atoms with Gasteiger partial charge in [-0.15, -0.1) is 0 Å². The van der Waals surface area contributed by atoms with Gasteiger partial charge in [-0.2, -0.15) is 0 Å². The zero-order valence-corrected chi connectivity index (χ0v) is 18.6. The number of carbonyl (C=O) groups excluding carboxylic acids is 1. The Morgan fingerprint density at radius 2 is 0.971 bits per heavy atom. The van der Waals surface area contributed by atoms with Crippen LogP contribution < -0.4 is 15.9 Å². The molecule has 0 aliphatic carbocycles. The summed E-state index contributed by atoms with van der Waals surface area (Å²) in [6.07, 6.45) is 0. The lowest BCUT2D eigenvalue weighted by Crippen LogP contribution is -2.26. The van der Waals surface area contributed by atoms with Gasteiger partial charge in [0, 0.05) is 28.0 Å². The first-order chi connectivity index (χ1) is 16.4. The van der Waals surface area contributed by atoms with E-state index in [1.807, 2.05) is 91.0 Å². The van der Waals surface area contributed by atoms with Crippen molar-refractivity contribution in [3.63, 3.8) is 0 Å². The number of benzene rings is 4. The van der Waals surface area contributed by atoms with Gasteiger partial charge in [-0.1, -0.05) is 91.0 Å². The van der Waals surface area contributed by atoms with Gasteiger partial charge < -0.3 is 0 Å². The lowest BCUT2D eigenvalue weighted by atomic mass is 10.1. The molecule has 8 nitrogen and oxygen atoms in total. The molecule has 0 saturated heterocycles. The SMILES string of the molecule is O=C(N=P(c1ccccc1)(c1ccccc1)c1ccccc1)c1cc([N+](=O)[O-])cc([N+](=O)[O-])c1. The molecule has 168 valence electrons. The van der Waals surface area contributed by atoms with E-state index in [1.165, 1.54) is 0 Å². The van der Waals surface area contributed by atoms with Crippen LogP contribution >= 0.6 is 7.05 Å². The van der Waals surface area contributed by atoms with Crippen LogP contribution in [0.4, 0.5) is 11.4 Å². The average Bonchev–Trinajstić information content (AvgIpc) is 2.88. The summed E-state index contributed by atoms with van der Waals surface area (Å²) in [5.41, 5.74) is -1.31. The Morgan fingerprint density at radius 1 is 0.618 bits per heavy atom. The molecule has 0 unspecified atom stereocenters. The van der Waals surface area contributed by atoms with Gasteiger partial charge in [0.25, 0.3) is 17.3 Å². The molecule has 0 bridgehead atoms. The van der Waals surface area contributed by atoms with Crippen LogP contribution in [0.15, 0.2) is 114 Å². The van der Waals surface area contributed by atoms with Crippen molar-refractivity contribution in [1.29, 1.82) is 0 Å². The predicted molar refractivity (Wildman–Crippen MR) is 132 cm³/mol. The van der Waals surface area contributed by atoms with Crippen LogP contribution in [0.25, 0.3) is 0 Å². The monoisotopic (exact) mass is 471 g/mol. The third kappa shape index (κ3) is 4.40. The molecular weight excluding hydrogens is 453 g/mol. The summed E-state index contributed by atoms with van der Waals surface area (Å²) in [4.78, 5) is 34.7. The topological polar surface area (TPSA) is 116 Å². The second-order valence-corrected chi connectivity index (χ2v) is 10.3. The molecule has 0 N–H and O–H groups in total. The van der Waals surface area contributed by atoms with Gasteiger partial charge in [0.05, 0.1) is 28.5 Å². The number of rotatable bonds is 6. The minimum atomic E-state index is -2.92. The molecule has 0 aromatic heterocycles. The zero-order valence-electron chi connectivity index (χ0n) is 17.7. The Balaban J connectivity index is 2.06. The highest BCUT2D eigenvalue weighted by atomic mass is 31.2. The van der Waals surface area contributed by atoms with E-state index in [0.29, 0.717) is 0 Å². The Kier molecular flexibility index (Phi) is 6.43. The van der Waals surface area contributed by atoms with Crippen LogP contribution in [-0.2, 0) is 0 Å². The number of amides is 1. The van der Waals surface area contributed by atoms with Gasteiger partial charge >= 0.3 is 0 Å². The molecule has 0 spiro atoms. The van der Waals surface area contributed by atoms with Crippen molar-refractivity contribution in [1.82, 2.24) is 0 Å². The van der Waals surface area contributed by atoms with Gasteiger partial charge in [0.2, 0.25) is 0 Å². The van der Waals surface area contributed by atoms with E-state index in [2.05, 4.69) is 0 Å². The second-order valence-electron chi connectivity index (χ2n) is 7.30. The van der Waals surface area contributed by atoms with E-state index in [1.54, 1.807) is 0 Å². The molecule has 9 heteroatoms. The summed E-state index contributed by atoms with van der Waals surface area (Å²) >= 11 is 0. The third-order valence-electron chi connectivity index (χ3n) is 5.20. The number of non-ortho nitro benzene ring substituents is 2. The maximum atomic E-state index is 13.5. The summed E-state index contributed by atoms with van der Waals surface area (Å²) in [6.45, 7) is 0. The van der Waals surface area contributed by atoms with E-state index < -0.39 is 34.2 Å².